The van der Waals surface area contributed by atoms with Crippen LogP contribution in [-0.2, 0) is 14.1 Å². The van der Waals surface area contributed by atoms with Crippen molar-refractivity contribution in [2.75, 3.05) is 11.5 Å². The van der Waals surface area contributed by atoms with Crippen LogP contribution in [-0.4, -0.2) is 18.7 Å². The van der Waals surface area contributed by atoms with Crippen molar-refractivity contribution < 1.29 is 0 Å². The third kappa shape index (κ3) is 3.55. The summed E-state index contributed by atoms with van der Waals surface area (Å²) < 4.78 is 6.63. The molecule has 4 rings (SSSR count). The molecule has 0 amide bonds. The zero-order chi connectivity index (χ0) is 22.0. The van der Waals surface area contributed by atoms with Gasteiger partial charge in [0, 0.05) is 14.1 Å². The molecule has 2 aromatic heterocycles. The first kappa shape index (κ1) is 20.8. The topological polar surface area (TPSA) is 106 Å². The summed E-state index contributed by atoms with van der Waals surface area (Å²) in [6.45, 7) is 3.66. The molecule has 30 heavy (non-hydrogen) atoms. The number of para-hydroxylation sites is 2. The fourth-order valence-corrected chi connectivity index (χ4v) is 3.18. The Hall–Kier alpha value is -3.94. The molecular weight excluding hydrogens is 380 g/mol. The van der Waals surface area contributed by atoms with Crippen LogP contribution < -0.4 is 22.6 Å². The highest BCUT2D eigenvalue weighted by molar-refractivity contribution is 5.45. The highest BCUT2D eigenvalue weighted by Crippen LogP contribution is 2.11. The molecule has 0 radical (unpaired) electrons. The quantitative estimate of drug-likeness (QED) is 0.532. The van der Waals surface area contributed by atoms with Gasteiger partial charge >= 0.3 is 0 Å². The SMILES string of the molecule is Cc1c(N)c(=O)n(-c2ccccc2)n1C.Cc1c(N)c(=O)n(-c2ccccc2)n1C. The van der Waals surface area contributed by atoms with Crippen LogP contribution in [0.2, 0.25) is 0 Å². The van der Waals surface area contributed by atoms with E-state index in [1.54, 1.807) is 18.7 Å². The molecule has 156 valence electrons. The molecule has 8 nitrogen and oxygen atoms in total. The lowest BCUT2D eigenvalue weighted by atomic mass is 10.3. The molecule has 0 spiro atoms. The molecule has 0 unspecified atom stereocenters. The number of benzene rings is 2. The number of anilines is 2. The molecule has 0 aliphatic rings. The van der Waals surface area contributed by atoms with E-state index in [1.807, 2.05) is 88.6 Å². The summed E-state index contributed by atoms with van der Waals surface area (Å²) in [5.41, 5.74) is 14.9. The lowest BCUT2D eigenvalue weighted by Gasteiger charge is -2.07. The van der Waals surface area contributed by atoms with Crippen molar-refractivity contribution in [3.63, 3.8) is 0 Å². The third-order valence-corrected chi connectivity index (χ3v) is 5.20. The predicted octanol–water partition coefficient (Wildman–Crippen LogP) is 2.13. The fourth-order valence-electron chi connectivity index (χ4n) is 3.18. The van der Waals surface area contributed by atoms with Gasteiger partial charge in [0.2, 0.25) is 0 Å². The second-order valence-electron chi connectivity index (χ2n) is 6.95. The van der Waals surface area contributed by atoms with Crippen LogP contribution in [0.3, 0.4) is 0 Å². The van der Waals surface area contributed by atoms with Crippen LogP contribution >= 0.6 is 0 Å². The zero-order valence-corrected chi connectivity index (χ0v) is 17.5. The molecule has 4 aromatic rings. The molecular formula is C22H26N6O2. The Morgan fingerprint density at radius 3 is 1.13 bits per heavy atom. The van der Waals surface area contributed by atoms with Crippen molar-refractivity contribution in [1.29, 1.82) is 0 Å². The van der Waals surface area contributed by atoms with E-state index < -0.39 is 0 Å². The van der Waals surface area contributed by atoms with E-state index in [9.17, 15) is 9.59 Å². The van der Waals surface area contributed by atoms with Gasteiger partial charge in [-0.1, -0.05) is 36.4 Å². The van der Waals surface area contributed by atoms with Crippen LogP contribution in [0.15, 0.2) is 70.3 Å². The van der Waals surface area contributed by atoms with E-state index in [4.69, 9.17) is 11.5 Å². The third-order valence-electron chi connectivity index (χ3n) is 5.20. The van der Waals surface area contributed by atoms with Gasteiger partial charge in [0.1, 0.15) is 11.4 Å². The van der Waals surface area contributed by atoms with Crippen molar-refractivity contribution in [3.05, 3.63) is 92.8 Å². The summed E-state index contributed by atoms with van der Waals surface area (Å²) in [7, 11) is 3.64. The van der Waals surface area contributed by atoms with Gasteiger partial charge in [0.15, 0.2) is 0 Å². The van der Waals surface area contributed by atoms with Crippen LogP contribution in [0, 0.1) is 13.8 Å². The van der Waals surface area contributed by atoms with Crippen molar-refractivity contribution in [1.82, 2.24) is 18.7 Å². The maximum atomic E-state index is 11.8. The van der Waals surface area contributed by atoms with Crippen molar-refractivity contribution in [3.8, 4) is 11.4 Å². The molecule has 8 heteroatoms. The molecule has 0 fully saturated rings. The summed E-state index contributed by atoms with van der Waals surface area (Å²) >= 11 is 0. The molecule has 4 N–H and O–H groups in total. The molecule has 0 aliphatic carbocycles. The number of hydrogen-bond acceptors (Lipinski definition) is 4. The van der Waals surface area contributed by atoms with Crippen molar-refractivity contribution in [2.24, 2.45) is 14.1 Å². The van der Waals surface area contributed by atoms with Gasteiger partial charge in [-0.25, -0.2) is 9.36 Å². The van der Waals surface area contributed by atoms with Gasteiger partial charge in [-0.2, -0.15) is 0 Å². The summed E-state index contributed by atoms with van der Waals surface area (Å²) in [6.07, 6.45) is 0. The normalized spacial score (nSPS) is 10.5. The monoisotopic (exact) mass is 406 g/mol. The first-order valence-electron chi connectivity index (χ1n) is 9.44. The molecule has 0 saturated heterocycles. The fraction of sp³-hybridized carbons (Fsp3) is 0.182. The molecule has 2 heterocycles. The molecule has 0 saturated carbocycles. The molecule has 2 aromatic carbocycles. The van der Waals surface area contributed by atoms with Gasteiger partial charge in [0.05, 0.1) is 22.8 Å². The number of rotatable bonds is 2. The summed E-state index contributed by atoms with van der Waals surface area (Å²) in [4.78, 5) is 23.7. The number of nitrogens with zero attached hydrogens (tertiary/aromatic N) is 4. The van der Waals surface area contributed by atoms with E-state index in [0.717, 1.165) is 22.8 Å². The predicted molar refractivity (Wildman–Crippen MR) is 120 cm³/mol. The average Bonchev–Trinajstić information content (AvgIpc) is 3.08. The first-order chi connectivity index (χ1) is 14.3. The van der Waals surface area contributed by atoms with E-state index >= 15 is 0 Å². The molecule has 0 atom stereocenters. The highest BCUT2D eigenvalue weighted by atomic mass is 16.1. The number of nitrogens with two attached hydrogens (primary N) is 2. The summed E-state index contributed by atoms with van der Waals surface area (Å²) in [5.74, 6) is 0. The minimum atomic E-state index is -0.166. The Morgan fingerprint density at radius 1 is 0.600 bits per heavy atom. The number of hydrogen-bond donors (Lipinski definition) is 2. The summed E-state index contributed by atoms with van der Waals surface area (Å²) in [5, 5.41) is 0. The van der Waals surface area contributed by atoms with Gasteiger partial charge in [-0.3, -0.25) is 19.0 Å². The zero-order valence-electron chi connectivity index (χ0n) is 17.5. The summed E-state index contributed by atoms with van der Waals surface area (Å²) in [6, 6.07) is 18.9. The van der Waals surface area contributed by atoms with E-state index in [-0.39, 0.29) is 11.1 Å². The van der Waals surface area contributed by atoms with E-state index in [2.05, 4.69) is 0 Å². The Balaban J connectivity index is 0.000000171. The average molecular weight is 406 g/mol. The van der Waals surface area contributed by atoms with Crippen LogP contribution in [0.1, 0.15) is 11.4 Å². The Kier molecular flexibility index (Phi) is 5.68. The molecule has 0 bridgehead atoms. The van der Waals surface area contributed by atoms with Crippen molar-refractivity contribution >= 4 is 11.4 Å². The Morgan fingerprint density at radius 2 is 0.900 bits per heavy atom. The van der Waals surface area contributed by atoms with Crippen LogP contribution in [0.4, 0.5) is 11.4 Å². The van der Waals surface area contributed by atoms with E-state index in [0.29, 0.717) is 11.4 Å². The lowest BCUT2D eigenvalue weighted by Crippen LogP contribution is -2.20. The Bertz CT molecular complexity index is 1180. The maximum absolute atomic E-state index is 11.8. The second-order valence-corrected chi connectivity index (χ2v) is 6.95. The number of aromatic nitrogens is 4. The Labute approximate surface area is 174 Å². The van der Waals surface area contributed by atoms with Gasteiger partial charge < -0.3 is 11.5 Å². The second kappa shape index (κ2) is 8.20. The van der Waals surface area contributed by atoms with Crippen LogP contribution in [0.25, 0.3) is 11.4 Å². The van der Waals surface area contributed by atoms with E-state index in [1.165, 1.54) is 0 Å². The van der Waals surface area contributed by atoms with Crippen LogP contribution in [0.5, 0.6) is 0 Å². The largest absolute Gasteiger partial charge is 0.393 e. The van der Waals surface area contributed by atoms with Gasteiger partial charge in [-0.15, -0.1) is 0 Å². The minimum Gasteiger partial charge on any atom is -0.393 e. The minimum absolute atomic E-state index is 0.166. The van der Waals surface area contributed by atoms with Gasteiger partial charge in [0.25, 0.3) is 11.1 Å². The first-order valence-corrected chi connectivity index (χ1v) is 9.44. The smallest absolute Gasteiger partial charge is 0.294 e. The van der Waals surface area contributed by atoms with Crippen molar-refractivity contribution in [2.45, 2.75) is 13.8 Å². The highest BCUT2D eigenvalue weighted by Gasteiger charge is 2.13. The molecule has 0 aliphatic heterocycles. The lowest BCUT2D eigenvalue weighted by molar-refractivity contribution is 0.630. The number of nitrogen functional groups attached to an aromatic ring is 2. The maximum Gasteiger partial charge on any atom is 0.294 e. The van der Waals surface area contributed by atoms with Gasteiger partial charge in [-0.05, 0) is 38.1 Å². The standard InChI is InChI=1S/2C11H13N3O/c2*1-8-10(12)11(15)14(13(8)2)9-6-4-3-5-7-9/h2*3-7H,12H2,1-2H3.